The Hall–Kier alpha value is -1.57. The quantitative estimate of drug-likeness (QED) is 0.302. The lowest BCUT2D eigenvalue weighted by Gasteiger charge is -2.07. The van der Waals surface area contributed by atoms with Gasteiger partial charge >= 0.3 is 0 Å². The highest BCUT2D eigenvalue weighted by Crippen LogP contribution is 1.98. The van der Waals surface area contributed by atoms with E-state index in [1.807, 2.05) is 0 Å². The third-order valence-corrected chi connectivity index (χ3v) is 2.97. The number of carbonyl (C=O) groups excluding carboxylic acids is 4. The number of amides is 3. The molecule has 0 unspecified atom stereocenters. The van der Waals surface area contributed by atoms with Gasteiger partial charge in [-0.3, -0.25) is 19.2 Å². The first kappa shape index (κ1) is 20.4. The van der Waals surface area contributed by atoms with Crippen LogP contribution in [0.4, 0.5) is 0 Å². The fraction of sp³-hybridized carbons (Fsp3) is 0.714. The first-order valence-corrected chi connectivity index (χ1v) is 7.86. The normalized spacial score (nSPS) is 9.91. The lowest BCUT2D eigenvalue weighted by atomic mass is 10.2. The topological polar surface area (TPSA) is 104 Å². The van der Waals surface area contributed by atoms with Gasteiger partial charge in [0, 0.05) is 45.8 Å². The summed E-state index contributed by atoms with van der Waals surface area (Å²) in [5.41, 5.74) is 0. The first-order valence-electron chi connectivity index (χ1n) is 7.41. The van der Waals surface area contributed by atoms with Crippen molar-refractivity contribution < 1.29 is 19.2 Å². The van der Waals surface area contributed by atoms with Crippen LogP contribution in [0.5, 0.6) is 0 Å². The van der Waals surface area contributed by atoms with Gasteiger partial charge < -0.3 is 16.0 Å². The van der Waals surface area contributed by atoms with Crippen LogP contribution in [0.2, 0.25) is 0 Å². The third kappa shape index (κ3) is 14.8. The minimum atomic E-state index is -0.219. The number of rotatable bonds is 12. The molecule has 7 nitrogen and oxygen atoms in total. The predicted octanol–water partition coefficient (Wildman–Crippen LogP) is 0.152. The lowest BCUT2D eigenvalue weighted by Crippen LogP contribution is -2.30. The zero-order valence-electron chi connectivity index (χ0n) is 12.9. The van der Waals surface area contributed by atoms with Crippen molar-refractivity contribution in [2.24, 2.45) is 0 Å². The molecule has 3 N–H and O–H groups in total. The smallest absolute Gasteiger partial charge is 0.220 e. The summed E-state index contributed by atoms with van der Waals surface area (Å²) in [6.07, 6.45) is 2.66. The minimum absolute atomic E-state index is 0.0715. The second-order valence-corrected chi connectivity index (χ2v) is 5.39. The van der Waals surface area contributed by atoms with Gasteiger partial charge in [-0.05, 0) is 19.3 Å². The summed E-state index contributed by atoms with van der Waals surface area (Å²) in [5.74, 6) is -0.274. The van der Waals surface area contributed by atoms with E-state index in [-0.39, 0.29) is 29.3 Å². The first-order chi connectivity index (χ1) is 10.4. The van der Waals surface area contributed by atoms with Gasteiger partial charge in [0.15, 0.2) is 5.12 Å². The number of hydrogen-bond donors (Lipinski definition) is 4. The molecule has 3 amide bonds. The number of hydrogen-bond acceptors (Lipinski definition) is 4. The van der Waals surface area contributed by atoms with Crippen molar-refractivity contribution in [3.05, 3.63) is 0 Å². The maximum absolute atomic E-state index is 11.5. The van der Waals surface area contributed by atoms with Crippen LogP contribution in [0.3, 0.4) is 0 Å². The SMILES string of the molecule is CC(=O)NCCCNC(=O)CCCNC(=O)CCCC(=O)S. The van der Waals surface area contributed by atoms with Crippen molar-refractivity contribution in [1.82, 2.24) is 16.0 Å². The standard InChI is InChI=1S/C14H25N3O4S/c1-11(18)15-9-4-10-17-13(20)6-3-8-16-12(19)5-2-7-14(21)22/h2-10H2,1H3,(H,15,18)(H,16,19)(H,17,20)(H,21,22). The van der Waals surface area contributed by atoms with E-state index < -0.39 is 0 Å². The van der Waals surface area contributed by atoms with Crippen LogP contribution in [0.1, 0.15) is 45.4 Å². The lowest BCUT2D eigenvalue weighted by molar-refractivity contribution is -0.123. The average molecular weight is 331 g/mol. The van der Waals surface area contributed by atoms with Gasteiger partial charge in [-0.15, -0.1) is 12.6 Å². The van der Waals surface area contributed by atoms with Gasteiger partial charge in [0.2, 0.25) is 17.7 Å². The maximum atomic E-state index is 11.5. The van der Waals surface area contributed by atoms with E-state index in [9.17, 15) is 19.2 Å². The molecule has 0 aromatic rings. The average Bonchev–Trinajstić information content (AvgIpc) is 2.42. The highest BCUT2D eigenvalue weighted by atomic mass is 32.1. The molecule has 0 rings (SSSR count). The summed E-state index contributed by atoms with van der Waals surface area (Å²) in [6.45, 7) is 2.94. The zero-order chi connectivity index (χ0) is 16.8. The van der Waals surface area contributed by atoms with Crippen LogP contribution in [-0.2, 0) is 19.2 Å². The molecule has 0 aliphatic rings. The molecule has 0 bridgehead atoms. The highest BCUT2D eigenvalue weighted by molar-refractivity contribution is 7.96. The second-order valence-electron chi connectivity index (χ2n) is 4.89. The fourth-order valence-corrected chi connectivity index (χ4v) is 1.79. The maximum Gasteiger partial charge on any atom is 0.220 e. The van der Waals surface area contributed by atoms with Gasteiger partial charge in [0.05, 0.1) is 0 Å². The van der Waals surface area contributed by atoms with Gasteiger partial charge in [0.25, 0.3) is 0 Å². The van der Waals surface area contributed by atoms with Crippen LogP contribution in [0.25, 0.3) is 0 Å². The van der Waals surface area contributed by atoms with E-state index in [2.05, 4.69) is 28.6 Å². The van der Waals surface area contributed by atoms with Crippen molar-refractivity contribution in [3.8, 4) is 0 Å². The van der Waals surface area contributed by atoms with Gasteiger partial charge in [-0.2, -0.15) is 0 Å². The zero-order valence-corrected chi connectivity index (χ0v) is 13.8. The molecular formula is C14H25N3O4S. The molecule has 0 radical (unpaired) electrons. The van der Waals surface area contributed by atoms with Crippen LogP contribution in [0, 0.1) is 0 Å². The summed E-state index contributed by atoms with van der Waals surface area (Å²) in [6, 6.07) is 0. The van der Waals surface area contributed by atoms with Crippen LogP contribution in [-0.4, -0.2) is 42.5 Å². The van der Waals surface area contributed by atoms with Crippen molar-refractivity contribution in [2.75, 3.05) is 19.6 Å². The van der Waals surface area contributed by atoms with Crippen molar-refractivity contribution >= 4 is 35.5 Å². The Bertz CT molecular complexity index is 388. The molecule has 0 saturated carbocycles. The van der Waals surface area contributed by atoms with E-state index in [0.29, 0.717) is 51.7 Å². The van der Waals surface area contributed by atoms with E-state index >= 15 is 0 Å². The third-order valence-electron chi connectivity index (χ3n) is 2.75. The van der Waals surface area contributed by atoms with E-state index in [4.69, 9.17) is 0 Å². The molecule has 22 heavy (non-hydrogen) atoms. The van der Waals surface area contributed by atoms with Gasteiger partial charge in [-0.25, -0.2) is 0 Å². The Labute approximate surface area is 136 Å². The summed E-state index contributed by atoms with van der Waals surface area (Å²) in [7, 11) is 0. The Morgan fingerprint density at radius 1 is 0.727 bits per heavy atom. The number of nitrogens with one attached hydrogen (secondary N) is 3. The van der Waals surface area contributed by atoms with Crippen LogP contribution < -0.4 is 16.0 Å². The second kappa shape index (κ2) is 13.1. The summed E-state index contributed by atoms with van der Waals surface area (Å²) >= 11 is 3.62. The van der Waals surface area contributed by atoms with Crippen LogP contribution in [0.15, 0.2) is 0 Å². The largest absolute Gasteiger partial charge is 0.356 e. The van der Waals surface area contributed by atoms with Crippen LogP contribution >= 0.6 is 12.6 Å². The van der Waals surface area contributed by atoms with E-state index in [1.165, 1.54) is 6.92 Å². The van der Waals surface area contributed by atoms with Crippen molar-refractivity contribution in [1.29, 1.82) is 0 Å². The Morgan fingerprint density at radius 3 is 1.77 bits per heavy atom. The summed E-state index contributed by atoms with van der Waals surface area (Å²) in [5, 5.41) is 7.86. The monoisotopic (exact) mass is 331 g/mol. The molecule has 0 aliphatic carbocycles. The number of carbonyl (C=O) groups is 4. The molecule has 126 valence electrons. The fourth-order valence-electron chi connectivity index (χ4n) is 1.63. The van der Waals surface area contributed by atoms with Gasteiger partial charge in [-0.1, -0.05) is 0 Å². The molecule has 0 saturated heterocycles. The Balaban J connectivity index is 3.42. The Kier molecular flexibility index (Phi) is 12.2. The summed E-state index contributed by atoms with van der Waals surface area (Å²) < 4.78 is 0. The predicted molar refractivity (Wildman–Crippen MR) is 86.4 cm³/mol. The molecule has 0 atom stereocenters. The Morgan fingerprint density at radius 2 is 1.23 bits per heavy atom. The molecular weight excluding hydrogens is 306 g/mol. The molecule has 0 spiro atoms. The van der Waals surface area contributed by atoms with Gasteiger partial charge in [0.1, 0.15) is 0 Å². The molecule has 0 fully saturated rings. The molecule has 0 aliphatic heterocycles. The number of thiol groups is 1. The van der Waals surface area contributed by atoms with Crippen molar-refractivity contribution in [2.45, 2.75) is 45.4 Å². The molecule has 0 aromatic carbocycles. The molecule has 0 heterocycles. The highest BCUT2D eigenvalue weighted by Gasteiger charge is 2.04. The van der Waals surface area contributed by atoms with E-state index in [1.54, 1.807) is 0 Å². The molecule has 8 heteroatoms. The minimum Gasteiger partial charge on any atom is -0.356 e. The van der Waals surface area contributed by atoms with Crippen molar-refractivity contribution in [3.63, 3.8) is 0 Å². The molecule has 0 aromatic heterocycles. The summed E-state index contributed by atoms with van der Waals surface area (Å²) in [4.78, 5) is 44.1. The van der Waals surface area contributed by atoms with E-state index in [0.717, 1.165) is 0 Å².